The third-order valence-corrected chi connectivity index (χ3v) is 5.22. The van der Waals surface area contributed by atoms with Crippen molar-refractivity contribution in [3.63, 3.8) is 0 Å². The van der Waals surface area contributed by atoms with Crippen molar-refractivity contribution in [1.29, 1.82) is 0 Å². The van der Waals surface area contributed by atoms with Gasteiger partial charge >= 0.3 is 11.7 Å². The van der Waals surface area contributed by atoms with Crippen molar-refractivity contribution in [2.45, 2.75) is 43.8 Å². The summed E-state index contributed by atoms with van der Waals surface area (Å²) in [5.41, 5.74) is 0.932. The number of amides is 1. The van der Waals surface area contributed by atoms with Crippen molar-refractivity contribution >= 4 is 17.1 Å². The molecule has 0 unspecified atom stereocenters. The molecule has 2 N–H and O–H groups in total. The van der Waals surface area contributed by atoms with Gasteiger partial charge in [0, 0.05) is 18.1 Å². The first-order valence-electron chi connectivity index (χ1n) is 7.86. The highest BCUT2D eigenvalue weighted by Crippen LogP contribution is 2.34. The van der Waals surface area contributed by atoms with Crippen LogP contribution in [0.25, 0.3) is 11.0 Å². The lowest BCUT2D eigenvalue weighted by Gasteiger charge is -2.36. The van der Waals surface area contributed by atoms with E-state index in [1.54, 1.807) is 12.1 Å². The summed E-state index contributed by atoms with van der Waals surface area (Å²) in [6.45, 7) is 0. The number of rotatable bonds is 1. The van der Waals surface area contributed by atoms with Crippen molar-refractivity contribution in [2.24, 2.45) is 0 Å². The Labute approximate surface area is 128 Å². The molecule has 0 saturated carbocycles. The van der Waals surface area contributed by atoms with Crippen LogP contribution in [-0.4, -0.2) is 45.7 Å². The van der Waals surface area contributed by atoms with E-state index in [-0.39, 0.29) is 17.8 Å². The molecule has 116 valence electrons. The Morgan fingerprint density at radius 3 is 2.64 bits per heavy atom. The van der Waals surface area contributed by atoms with Crippen LogP contribution in [0.1, 0.15) is 25.7 Å². The lowest BCUT2D eigenvalue weighted by Crippen LogP contribution is -2.50. The van der Waals surface area contributed by atoms with Crippen molar-refractivity contribution in [2.75, 3.05) is 7.05 Å². The maximum atomic E-state index is 12.5. The average molecular weight is 300 g/mol. The monoisotopic (exact) mass is 300 g/mol. The number of piperidine rings is 1. The van der Waals surface area contributed by atoms with Crippen LogP contribution in [0.15, 0.2) is 29.1 Å². The highest BCUT2D eigenvalue weighted by molar-refractivity contribution is 5.89. The standard InChI is InChI=1S/C16H20N4O2/c1-19-11-6-7-12(19)9-10(8-11)17-15(21)20-14-5-3-2-4-13(14)18-16(20)22/h2-5,10-12H,6-9H2,1H3,(H,17,21)(H,18,22)/t11-,12-/m1/s1. The number of carbonyl (C=O) groups is 1. The van der Waals surface area contributed by atoms with Crippen molar-refractivity contribution in [3.8, 4) is 0 Å². The number of hydrogen-bond acceptors (Lipinski definition) is 3. The molecule has 0 aliphatic carbocycles. The molecule has 3 heterocycles. The van der Waals surface area contributed by atoms with Crippen molar-refractivity contribution in [1.82, 2.24) is 19.8 Å². The van der Waals surface area contributed by atoms with E-state index in [1.165, 1.54) is 17.4 Å². The maximum Gasteiger partial charge on any atom is 0.334 e. The minimum Gasteiger partial charge on any atom is -0.334 e. The van der Waals surface area contributed by atoms with Crippen LogP contribution in [0, 0.1) is 0 Å². The second-order valence-electron chi connectivity index (χ2n) is 6.45. The molecule has 1 aromatic carbocycles. The van der Waals surface area contributed by atoms with Gasteiger partial charge in [-0.05, 0) is 44.9 Å². The van der Waals surface area contributed by atoms with Gasteiger partial charge in [-0.3, -0.25) is 0 Å². The molecule has 0 radical (unpaired) electrons. The van der Waals surface area contributed by atoms with E-state index in [9.17, 15) is 9.59 Å². The number of benzene rings is 1. The molecule has 1 aromatic heterocycles. The van der Waals surface area contributed by atoms with Gasteiger partial charge < -0.3 is 15.2 Å². The molecule has 6 nitrogen and oxygen atoms in total. The fourth-order valence-corrected chi connectivity index (χ4v) is 4.02. The fourth-order valence-electron chi connectivity index (χ4n) is 4.02. The molecule has 1 amide bonds. The normalized spacial score (nSPS) is 28.1. The molecule has 4 rings (SSSR count). The summed E-state index contributed by atoms with van der Waals surface area (Å²) in [5, 5.41) is 3.05. The van der Waals surface area contributed by atoms with E-state index >= 15 is 0 Å². The zero-order valence-electron chi connectivity index (χ0n) is 12.6. The van der Waals surface area contributed by atoms with Crippen LogP contribution in [0.3, 0.4) is 0 Å². The second-order valence-corrected chi connectivity index (χ2v) is 6.45. The first kappa shape index (κ1) is 13.6. The molecule has 2 aromatic rings. The molecule has 2 bridgehead atoms. The number of hydrogen-bond donors (Lipinski definition) is 2. The molecule has 6 heteroatoms. The summed E-state index contributed by atoms with van der Waals surface area (Å²) in [6.07, 6.45) is 4.35. The van der Waals surface area contributed by atoms with Crippen LogP contribution < -0.4 is 11.0 Å². The van der Waals surface area contributed by atoms with Gasteiger partial charge in [0.25, 0.3) is 0 Å². The molecular formula is C16H20N4O2. The van der Waals surface area contributed by atoms with E-state index in [0.29, 0.717) is 23.1 Å². The topological polar surface area (TPSA) is 70.1 Å². The second kappa shape index (κ2) is 4.98. The number of carbonyl (C=O) groups excluding carboxylic acids is 1. The summed E-state index contributed by atoms with van der Waals surface area (Å²) in [5.74, 6) is 0. The van der Waals surface area contributed by atoms with Gasteiger partial charge in [-0.15, -0.1) is 0 Å². The highest BCUT2D eigenvalue weighted by atomic mass is 16.2. The predicted octanol–water partition coefficient (Wildman–Crippen LogP) is 1.51. The van der Waals surface area contributed by atoms with Gasteiger partial charge in [0.1, 0.15) is 0 Å². The number of nitrogens with one attached hydrogen (secondary N) is 2. The van der Waals surface area contributed by atoms with Gasteiger partial charge in [0.05, 0.1) is 11.0 Å². The first-order valence-corrected chi connectivity index (χ1v) is 7.86. The Balaban J connectivity index is 1.57. The number of para-hydroxylation sites is 2. The van der Waals surface area contributed by atoms with Crippen LogP contribution in [0.2, 0.25) is 0 Å². The Morgan fingerprint density at radius 2 is 1.91 bits per heavy atom. The highest BCUT2D eigenvalue weighted by Gasteiger charge is 2.39. The minimum absolute atomic E-state index is 0.154. The Hall–Kier alpha value is -2.08. The molecule has 2 saturated heterocycles. The van der Waals surface area contributed by atoms with Crippen LogP contribution in [0.4, 0.5) is 4.79 Å². The van der Waals surface area contributed by atoms with Crippen molar-refractivity contribution in [3.05, 3.63) is 34.7 Å². The summed E-state index contributed by atoms with van der Waals surface area (Å²) in [4.78, 5) is 29.7. The van der Waals surface area contributed by atoms with Gasteiger partial charge in [-0.2, -0.15) is 0 Å². The summed E-state index contributed by atoms with van der Waals surface area (Å²) in [6, 6.07) is 8.21. The number of imidazole rings is 1. The number of nitrogens with zero attached hydrogens (tertiary/aromatic N) is 2. The molecule has 22 heavy (non-hydrogen) atoms. The number of aromatic amines is 1. The van der Waals surface area contributed by atoms with E-state index < -0.39 is 0 Å². The molecule has 2 atom stereocenters. The van der Waals surface area contributed by atoms with Gasteiger partial charge in [0.15, 0.2) is 0 Å². The third kappa shape index (κ3) is 2.06. The van der Waals surface area contributed by atoms with E-state index in [1.807, 2.05) is 12.1 Å². The third-order valence-electron chi connectivity index (χ3n) is 5.22. The Kier molecular flexibility index (Phi) is 3.07. The van der Waals surface area contributed by atoms with E-state index in [2.05, 4.69) is 22.2 Å². The lowest BCUT2D eigenvalue weighted by atomic mass is 9.98. The first-order chi connectivity index (χ1) is 10.6. The van der Waals surface area contributed by atoms with E-state index in [4.69, 9.17) is 0 Å². The van der Waals surface area contributed by atoms with Gasteiger partial charge in [-0.25, -0.2) is 14.2 Å². The molecular weight excluding hydrogens is 280 g/mol. The van der Waals surface area contributed by atoms with Crippen LogP contribution in [-0.2, 0) is 0 Å². The number of fused-ring (bicyclic) bond motifs is 3. The zero-order valence-corrected chi connectivity index (χ0v) is 12.6. The Bertz CT molecular complexity index is 764. The zero-order chi connectivity index (χ0) is 15.3. The van der Waals surface area contributed by atoms with Gasteiger partial charge in [0.2, 0.25) is 0 Å². The Morgan fingerprint density at radius 1 is 1.23 bits per heavy atom. The largest absolute Gasteiger partial charge is 0.334 e. The fraction of sp³-hybridized carbons (Fsp3) is 0.500. The van der Waals surface area contributed by atoms with E-state index in [0.717, 1.165) is 12.8 Å². The molecule has 2 fully saturated rings. The quantitative estimate of drug-likeness (QED) is 0.839. The minimum atomic E-state index is -0.380. The van der Waals surface area contributed by atoms with Crippen molar-refractivity contribution < 1.29 is 4.79 Å². The SMILES string of the molecule is CN1[C@@H]2CC[C@@H]1CC(NC(=O)n1c(=O)[nH]c3ccccc31)C2. The summed E-state index contributed by atoms with van der Waals surface area (Å²) >= 11 is 0. The van der Waals surface area contributed by atoms with Crippen LogP contribution in [0.5, 0.6) is 0 Å². The summed E-state index contributed by atoms with van der Waals surface area (Å²) < 4.78 is 1.20. The molecule has 0 spiro atoms. The number of H-pyrrole nitrogens is 1. The predicted molar refractivity (Wildman–Crippen MR) is 84.1 cm³/mol. The summed E-state index contributed by atoms with van der Waals surface area (Å²) in [7, 11) is 2.17. The van der Waals surface area contributed by atoms with Crippen LogP contribution >= 0.6 is 0 Å². The smallest absolute Gasteiger partial charge is 0.334 e. The van der Waals surface area contributed by atoms with Gasteiger partial charge in [-0.1, -0.05) is 12.1 Å². The lowest BCUT2D eigenvalue weighted by molar-refractivity contribution is 0.150. The maximum absolute atomic E-state index is 12.5. The molecule has 2 aliphatic rings. The number of aromatic nitrogens is 2. The average Bonchev–Trinajstić information content (AvgIpc) is 2.90. The molecule has 2 aliphatic heterocycles.